The van der Waals surface area contributed by atoms with Crippen LogP contribution in [-0.2, 0) is 14.2 Å². The van der Waals surface area contributed by atoms with Gasteiger partial charge in [0.25, 0.3) is 0 Å². The van der Waals surface area contributed by atoms with Gasteiger partial charge in [0, 0.05) is 38.5 Å². The third-order valence-electron chi connectivity index (χ3n) is 4.00. The van der Waals surface area contributed by atoms with Crippen molar-refractivity contribution in [2.75, 3.05) is 33.5 Å². The van der Waals surface area contributed by atoms with Gasteiger partial charge in [-0.25, -0.2) is 0 Å². The van der Waals surface area contributed by atoms with Gasteiger partial charge in [0.15, 0.2) is 0 Å². The first-order valence-electron chi connectivity index (χ1n) is 7.04. The van der Waals surface area contributed by atoms with Gasteiger partial charge in [-0.15, -0.1) is 0 Å². The molecule has 1 atom stereocenters. The van der Waals surface area contributed by atoms with Crippen LogP contribution in [0.15, 0.2) is 0 Å². The SMILES string of the molecule is COCC(C)(C)NC1CCOC2(CCOCC2)C1. The van der Waals surface area contributed by atoms with E-state index in [1.807, 2.05) is 0 Å². The number of hydrogen-bond donors (Lipinski definition) is 1. The Morgan fingerprint density at radius 1 is 1.28 bits per heavy atom. The Kier molecular flexibility index (Phi) is 4.64. The van der Waals surface area contributed by atoms with Crippen molar-refractivity contribution in [1.82, 2.24) is 5.32 Å². The molecule has 18 heavy (non-hydrogen) atoms. The van der Waals surface area contributed by atoms with Crippen LogP contribution in [0.4, 0.5) is 0 Å². The third-order valence-corrected chi connectivity index (χ3v) is 4.00. The molecular weight excluding hydrogens is 230 g/mol. The van der Waals surface area contributed by atoms with Crippen LogP contribution < -0.4 is 5.32 Å². The van der Waals surface area contributed by atoms with Crippen LogP contribution in [-0.4, -0.2) is 50.7 Å². The largest absolute Gasteiger partial charge is 0.383 e. The van der Waals surface area contributed by atoms with Crippen molar-refractivity contribution in [2.45, 2.75) is 56.7 Å². The summed E-state index contributed by atoms with van der Waals surface area (Å²) in [6.07, 6.45) is 4.27. The summed E-state index contributed by atoms with van der Waals surface area (Å²) >= 11 is 0. The molecule has 4 heteroatoms. The summed E-state index contributed by atoms with van der Waals surface area (Å²) in [6, 6.07) is 0.530. The Morgan fingerprint density at radius 2 is 2.00 bits per heavy atom. The van der Waals surface area contributed by atoms with Gasteiger partial charge in [0.1, 0.15) is 0 Å². The second-order valence-corrected chi connectivity index (χ2v) is 6.29. The molecule has 0 amide bonds. The van der Waals surface area contributed by atoms with E-state index in [4.69, 9.17) is 14.2 Å². The van der Waals surface area contributed by atoms with Crippen LogP contribution in [0.1, 0.15) is 39.5 Å². The van der Waals surface area contributed by atoms with Gasteiger partial charge in [-0.1, -0.05) is 0 Å². The number of hydrogen-bond acceptors (Lipinski definition) is 4. The summed E-state index contributed by atoms with van der Waals surface area (Å²) in [7, 11) is 1.76. The second-order valence-electron chi connectivity index (χ2n) is 6.29. The summed E-state index contributed by atoms with van der Waals surface area (Å²) in [5.41, 5.74) is 0.0977. The van der Waals surface area contributed by atoms with Gasteiger partial charge in [0.05, 0.1) is 12.2 Å². The predicted octanol–water partition coefficient (Wildman–Crippen LogP) is 1.73. The molecule has 0 bridgehead atoms. The lowest BCUT2D eigenvalue weighted by Crippen LogP contribution is -2.55. The maximum absolute atomic E-state index is 6.06. The normalized spacial score (nSPS) is 28.5. The second kappa shape index (κ2) is 5.87. The molecule has 1 N–H and O–H groups in total. The molecule has 0 aromatic rings. The Bertz CT molecular complexity index is 256. The highest BCUT2D eigenvalue weighted by Gasteiger charge is 2.40. The molecule has 1 unspecified atom stereocenters. The zero-order valence-corrected chi connectivity index (χ0v) is 12.0. The standard InChI is InChI=1S/C14H27NO3/c1-13(2,11-16-3)15-12-4-7-18-14(10-12)5-8-17-9-6-14/h12,15H,4-11H2,1-3H3. The average Bonchev–Trinajstić information content (AvgIpc) is 2.29. The quantitative estimate of drug-likeness (QED) is 0.832. The highest BCUT2D eigenvalue weighted by molar-refractivity contribution is 4.94. The molecule has 2 aliphatic heterocycles. The Balaban J connectivity index is 1.90. The van der Waals surface area contributed by atoms with Crippen LogP contribution in [0.5, 0.6) is 0 Å². The van der Waals surface area contributed by atoms with Gasteiger partial charge in [-0.2, -0.15) is 0 Å². The Hall–Kier alpha value is -0.160. The maximum atomic E-state index is 6.06. The van der Waals surface area contributed by atoms with Crippen LogP contribution in [0.3, 0.4) is 0 Å². The maximum Gasteiger partial charge on any atom is 0.0741 e. The van der Waals surface area contributed by atoms with Crippen LogP contribution in [0.2, 0.25) is 0 Å². The molecule has 2 heterocycles. The van der Waals surface area contributed by atoms with E-state index in [1.54, 1.807) is 7.11 Å². The molecule has 2 fully saturated rings. The lowest BCUT2D eigenvalue weighted by Gasteiger charge is -2.45. The zero-order valence-electron chi connectivity index (χ0n) is 12.0. The Morgan fingerprint density at radius 3 is 2.67 bits per heavy atom. The predicted molar refractivity (Wildman–Crippen MR) is 70.8 cm³/mol. The van der Waals surface area contributed by atoms with Gasteiger partial charge in [-0.05, 0) is 39.5 Å². The fourth-order valence-electron chi connectivity index (χ4n) is 3.20. The fraction of sp³-hybridized carbons (Fsp3) is 1.00. The van der Waals surface area contributed by atoms with Crippen molar-refractivity contribution in [1.29, 1.82) is 0 Å². The van der Waals surface area contributed by atoms with Crippen molar-refractivity contribution in [3.05, 3.63) is 0 Å². The molecule has 2 saturated heterocycles. The number of rotatable bonds is 4. The number of methoxy groups -OCH3 is 1. The van der Waals surface area contributed by atoms with E-state index in [1.165, 1.54) is 0 Å². The minimum Gasteiger partial charge on any atom is -0.383 e. The first-order chi connectivity index (χ1) is 8.55. The van der Waals surface area contributed by atoms with E-state index in [2.05, 4.69) is 19.2 Å². The molecule has 2 aliphatic rings. The van der Waals surface area contributed by atoms with E-state index in [-0.39, 0.29) is 11.1 Å². The Labute approximate surface area is 110 Å². The molecule has 0 aromatic carbocycles. The molecule has 106 valence electrons. The van der Waals surface area contributed by atoms with Gasteiger partial charge in [0.2, 0.25) is 0 Å². The molecular formula is C14H27NO3. The molecule has 2 rings (SSSR count). The van der Waals surface area contributed by atoms with Crippen molar-refractivity contribution in [3.8, 4) is 0 Å². The van der Waals surface area contributed by atoms with E-state index in [0.717, 1.165) is 52.1 Å². The molecule has 0 aromatic heterocycles. The van der Waals surface area contributed by atoms with E-state index >= 15 is 0 Å². The van der Waals surface area contributed by atoms with Crippen LogP contribution >= 0.6 is 0 Å². The van der Waals surface area contributed by atoms with Crippen LogP contribution in [0.25, 0.3) is 0 Å². The van der Waals surface area contributed by atoms with Crippen molar-refractivity contribution in [2.24, 2.45) is 0 Å². The zero-order chi connectivity index (χ0) is 13.1. The van der Waals surface area contributed by atoms with Crippen LogP contribution in [0, 0.1) is 0 Å². The van der Waals surface area contributed by atoms with E-state index in [9.17, 15) is 0 Å². The van der Waals surface area contributed by atoms with Crippen molar-refractivity contribution < 1.29 is 14.2 Å². The first kappa shape index (κ1) is 14.3. The number of ether oxygens (including phenoxy) is 3. The highest BCUT2D eigenvalue weighted by Crippen LogP contribution is 2.34. The van der Waals surface area contributed by atoms with Crippen molar-refractivity contribution >= 4 is 0 Å². The lowest BCUT2D eigenvalue weighted by molar-refractivity contribution is -0.142. The molecule has 4 nitrogen and oxygen atoms in total. The summed E-state index contributed by atoms with van der Waals surface area (Å²) in [5, 5.41) is 3.72. The molecule has 0 radical (unpaired) electrons. The molecule has 0 aliphatic carbocycles. The minimum atomic E-state index is 0.0309. The van der Waals surface area contributed by atoms with E-state index < -0.39 is 0 Å². The highest BCUT2D eigenvalue weighted by atomic mass is 16.5. The summed E-state index contributed by atoms with van der Waals surface area (Å²) < 4.78 is 16.8. The minimum absolute atomic E-state index is 0.0309. The van der Waals surface area contributed by atoms with Gasteiger partial charge in [-0.3, -0.25) is 0 Å². The smallest absolute Gasteiger partial charge is 0.0741 e. The lowest BCUT2D eigenvalue weighted by atomic mass is 9.83. The average molecular weight is 257 g/mol. The number of nitrogens with one attached hydrogen (secondary N) is 1. The topological polar surface area (TPSA) is 39.7 Å². The molecule has 1 spiro atoms. The monoisotopic (exact) mass is 257 g/mol. The summed E-state index contributed by atoms with van der Waals surface area (Å²) in [5.74, 6) is 0. The first-order valence-corrected chi connectivity index (χ1v) is 7.04. The van der Waals surface area contributed by atoms with E-state index in [0.29, 0.717) is 6.04 Å². The fourth-order valence-corrected chi connectivity index (χ4v) is 3.20. The summed E-state index contributed by atoms with van der Waals surface area (Å²) in [4.78, 5) is 0. The van der Waals surface area contributed by atoms with Crippen molar-refractivity contribution in [3.63, 3.8) is 0 Å². The van der Waals surface area contributed by atoms with Gasteiger partial charge >= 0.3 is 0 Å². The van der Waals surface area contributed by atoms with Gasteiger partial charge < -0.3 is 19.5 Å². The molecule has 0 saturated carbocycles. The summed E-state index contributed by atoms with van der Waals surface area (Å²) in [6.45, 7) is 7.68. The third kappa shape index (κ3) is 3.67.